The maximum atomic E-state index is 12.9. The van der Waals surface area contributed by atoms with E-state index in [1.165, 1.54) is 6.07 Å². The number of fused-ring (bicyclic) bond motifs is 1. The van der Waals surface area contributed by atoms with E-state index < -0.39 is 11.7 Å². The van der Waals surface area contributed by atoms with Crippen molar-refractivity contribution >= 4 is 28.5 Å². The zero-order valence-electron chi connectivity index (χ0n) is 15.5. The second kappa shape index (κ2) is 7.71. The van der Waals surface area contributed by atoms with Gasteiger partial charge in [0.05, 0.1) is 29.3 Å². The normalized spacial score (nSPS) is 15.8. The fraction of sp³-hybridized carbons (Fsp3) is 0.333. The monoisotopic (exact) mass is 421 g/mol. The molecule has 1 amide bonds. The highest BCUT2D eigenvalue weighted by molar-refractivity contribution is 6.30. The molecule has 1 aliphatic rings. The van der Waals surface area contributed by atoms with Gasteiger partial charge in [-0.1, -0.05) is 23.7 Å². The molecule has 0 N–H and O–H groups in total. The molecule has 4 rings (SSSR count). The fourth-order valence-electron chi connectivity index (χ4n) is 3.78. The van der Waals surface area contributed by atoms with Crippen molar-refractivity contribution in [2.24, 2.45) is 0 Å². The molecule has 1 aromatic heterocycles. The first-order valence-electron chi connectivity index (χ1n) is 9.37. The minimum absolute atomic E-state index is 0.0658. The van der Waals surface area contributed by atoms with Crippen molar-refractivity contribution in [2.75, 3.05) is 13.1 Å². The van der Waals surface area contributed by atoms with Crippen molar-refractivity contribution in [3.8, 4) is 0 Å². The van der Waals surface area contributed by atoms with Crippen LogP contribution in [0.15, 0.2) is 48.8 Å². The molecule has 8 heteroatoms. The number of benzene rings is 2. The molecular formula is C21H19ClF3N3O. The van der Waals surface area contributed by atoms with Crippen molar-refractivity contribution in [2.45, 2.75) is 31.5 Å². The molecule has 0 unspecified atom stereocenters. The molecule has 0 atom stereocenters. The Morgan fingerprint density at radius 2 is 1.79 bits per heavy atom. The first kappa shape index (κ1) is 19.8. The number of hydrogen-bond donors (Lipinski definition) is 0. The Labute approximate surface area is 170 Å². The highest BCUT2D eigenvalue weighted by Crippen LogP contribution is 2.33. The molecule has 4 nitrogen and oxygen atoms in total. The lowest BCUT2D eigenvalue weighted by molar-refractivity contribution is -0.137. The average molecular weight is 422 g/mol. The van der Waals surface area contributed by atoms with Crippen LogP contribution in [0.1, 0.15) is 30.0 Å². The second-order valence-corrected chi connectivity index (χ2v) is 7.70. The average Bonchev–Trinajstić information content (AvgIpc) is 3.12. The van der Waals surface area contributed by atoms with Gasteiger partial charge in [-0.3, -0.25) is 4.79 Å². The van der Waals surface area contributed by atoms with Gasteiger partial charge in [0.25, 0.3) is 0 Å². The number of aromatic nitrogens is 2. The number of alkyl halides is 3. The van der Waals surface area contributed by atoms with Crippen LogP contribution in [0.2, 0.25) is 5.02 Å². The van der Waals surface area contributed by atoms with Gasteiger partial charge in [-0.2, -0.15) is 13.2 Å². The Kier molecular flexibility index (Phi) is 5.25. The van der Waals surface area contributed by atoms with Gasteiger partial charge in [-0.25, -0.2) is 4.98 Å². The number of likely N-dealkylation sites (tertiary alicyclic amines) is 1. The summed E-state index contributed by atoms with van der Waals surface area (Å²) in [5, 5.41) is 0.636. The van der Waals surface area contributed by atoms with Crippen LogP contribution >= 0.6 is 11.6 Å². The van der Waals surface area contributed by atoms with Crippen LogP contribution in [-0.4, -0.2) is 33.4 Å². The number of amides is 1. The van der Waals surface area contributed by atoms with Crippen molar-refractivity contribution in [3.63, 3.8) is 0 Å². The summed E-state index contributed by atoms with van der Waals surface area (Å²) in [4.78, 5) is 18.6. The number of hydrogen-bond acceptors (Lipinski definition) is 2. The third-order valence-corrected chi connectivity index (χ3v) is 5.63. The quantitative estimate of drug-likeness (QED) is 0.589. The van der Waals surface area contributed by atoms with Crippen LogP contribution in [0.25, 0.3) is 11.0 Å². The van der Waals surface area contributed by atoms with Gasteiger partial charge in [-0.05, 0) is 48.7 Å². The van der Waals surface area contributed by atoms with Gasteiger partial charge < -0.3 is 9.47 Å². The number of imidazole rings is 1. The van der Waals surface area contributed by atoms with E-state index in [0.717, 1.165) is 30.5 Å². The van der Waals surface area contributed by atoms with E-state index in [4.69, 9.17) is 11.6 Å². The molecule has 0 radical (unpaired) electrons. The van der Waals surface area contributed by atoms with Gasteiger partial charge in [0.2, 0.25) is 5.91 Å². The third-order valence-electron chi connectivity index (χ3n) is 5.38. The van der Waals surface area contributed by atoms with Crippen molar-refractivity contribution in [1.29, 1.82) is 0 Å². The van der Waals surface area contributed by atoms with E-state index in [1.54, 1.807) is 18.5 Å². The zero-order valence-corrected chi connectivity index (χ0v) is 16.2. The lowest BCUT2D eigenvalue weighted by Crippen LogP contribution is -2.39. The summed E-state index contributed by atoms with van der Waals surface area (Å²) in [5.41, 5.74) is 1.24. The number of rotatable bonds is 3. The summed E-state index contributed by atoms with van der Waals surface area (Å²) in [7, 11) is 0. The predicted molar refractivity (Wildman–Crippen MR) is 105 cm³/mol. The SMILES string of the molecule is O=C(Cc1ccc(Cl)cc1)N1CCC(n2cnc3cc(C(F)(F)F)ccc32)CC1. The van der Waals surface area contributed by atoms with E-state index >= 15 is 0 Å². The van der Waals surface area contributed by atoms with Crippen molar-refractivity contribution in [3.05, 3.63) is 64.9 Å². The van der Waals surface area contributed by atoms with Crippen LogP contribution < -0.4 is 0 Å². The van der Waals surface area contributed by atoms with Crippen LogP contribution in [0.4, 0.5) is 13.2 Å². The lowest BCUT2D eigenvalue weighted by Gasteiger charge is -2.33. The summed E-state index contributed by atoms with van der Waals surface area (Å²) in [6, 6.07) is 11.0. The first-order chi connectivity index (χ1) is 13.8. The molecular weight excluding hydrogens is 403 g/mol. The number of carbonyl (C=O) groups excluding carboxylic acids is 1. The lowest BCUT2D eigenvalue weighted by atomic mass is 10.0. The smallest absolute Gasteiger partial charge is 0.342 e. The summed E-state index contributed by atoms with van der Waals surface area (Å²) in [5.74, 6) is 0.0658. The largest absolute Gasteiger partial charge is 0.416 e. The first-order valence-corrected chi connectivity index (χ1v) is 9.75. The number of nitrogens with zero attached hydrogens (tertiary/aromatic N) is 3. The van der Waals surface area contributed by atoms with E-state index in [9.17, 15) is 18.0 Å². The van der Waals surface area contributed by atoms with Crippen LogP contribution in [0.3, 0.4) is 0 Å². The van der Waals surface area contributed by atoms with Gasteiger partial charge >= 0.3 is 6.18 Å². The maximum absolute atomic E-state index is 12.9. The number of carbonyl (C=O) groups is 1. The van der Waals surface area contributed by atoms with Gasteiger partial charge in [0.1, 0.15) is 0 Å². The molecule has 3 aromatic rings. The van der Waals surface area contributed by atoms with E-state index in [2.05, 4.69) is 4.98 Å². The number of piperidine rings is 1. The molecule has 1 saturated heterocycles. The highest BCUT2D eigenvalue weighted by Gasteiger charge is 2.31. The number of halogens is 4. The standard InChI is InChI=1S/C21H19ClF3N3O/c22-16-4-1-14(2-5-16)11-20(29)27-9-7-17(8-10-27)28-13-26-18-12-15(21(23,24)25)3-6-19(18)28/h1-6,12-13,17H,7-11H2. The van der Waals surface area contributed by atoms with Crippen LogP contribution in [-0.2, 0) is 17.4 Å². The third kappa shape index (κ3) is 4.24. The minimum atomic E-state index is -4.38. The summed E-state index contributed by atoms with van der Waals surface area (Å²) < 4.78 is 40.6. The molecule has 1 aliphatic heterocycles. The summed E-state index contributed by atoms with van der Waals surface area (Å²) in [6.45, 7) is 1.22. The highest BCUT2D eigenvalue weighted by atomic mass is 35.5. The summed E-state index contributed by atoms with van der Waals surface area (Å²) >= 11 is 5.88. The Hall–Kier alpha value is -2.54. The van der Waals surface area contributed by atoms with Crippen LogP contribution in [0, 0.1) is 0 Å². The maximum Gasteiger partial charge on any atom is 0.416 e. The van der Waals surface area contributed by atoms with Gasteiger partial charge in [0.15, 0.2) is 0 Å². The van der Waals surface area contributed by atoms with E-state index in [-0.39, 0.29) is 11.9 Å². The molecule has 2 aromatic carbocycles. The molecule has 29 heavy (non-hydrogen) atoms. The summed E-state index contributed by atoms with van der Waals surface area (Å²) in [6.07, 6.45) is -0.984. The molecule has 2 heterocycles. The Balaban J connectivity index is 1.41. The topological polar surface area (TPSA) is 38.1 Å². The zero-order chi connectivity index (χ0) is 20.6. The Morgan fingerprint density at radius 1 is 1.10 bits per heavy atom. The molecule has 0 saturated carbocycles. The van der Waals surface area contributed by atoms with E-state index in [0.29, 0.717) is 35.6 Å². The Morgan fingerprint density at radius 3 is 2.45 bits per heavy atom. The second-order valence-electron chi connectivity index (χ2n) is 7.27. The molecule has 1 fully saturated rings. The minimum Gasteiger partial charge on any atom is -0.342 e. The van der Waals surface area contributed by atoms with Gasteiger partial charge in [-0.15, -0.1) is 0 Å². The molecule has 152 valence electrons. The molecule has 0 aliphatic carbocycles. The Bertz CT molecular complexity index is 1020. The van der Waals surface area contributed by atoms with Gasteiger partial charge in [0, 0.05) is 24.2 Å². The van der Waals surface area contributed by atoms with Crippen molar-refractivity contribution < 1.29 is 18.0 Å². The predicted octanol–water partition coefficient (Wildman–Crippen LogP) is 5.11. The van der Waals surface area contributed by atoms with Crippen molar-refractivity contribution in [1.82, 2.24) is 14.5 Å². The fourth-order valence-corrected chi connectivity index (χ4v) is 3.91. The molecule has 0 bridgehead atoms. The van der Waals surface area contributed by atoms with E-state index in [1.807, 2.05) is 21.6 Å². The molecule has 0 spiro atoms. The van der Waals surface area contributed by atoms with Crippen LogP contribution in [0.5, 0.6) is 0 Å².